The number of alkyl halides is 2. The van der Waals surface area contributed by atoms with E-state index in [-0.39, 0.29) is 45.5 Å². The van der Waals surface area contributed by atoms with Crippen LogP contribution in [0.15, 0.2) is 67.0 Å². The number of piperidine rings is 3. The van der Waals surface area contributed by atoms with E-state index in [9.17, 15) is 22.8 Å². The van der Waals surface area contributed by atoms with Crippen LogP contribution in [0.25, 0.3) is 0 Å². The van der Waals surface area contributed by atoms with Crippen molar-refractivity contribution in [1.29, 1.82) is 0 Å². The number of pyridine rings is 1. The van der Waals surface area contributed by atoms with Crippen LogP contribution in [0, 0.1) is 17.7 Å². The second kappa shape index (κ2) is 17.3. The molecular weight excluding hydrogens is 766 g/mol. The zero-order valence-corrected chi connectivity index (χ0v) is 31.4. The molecule has 1 N–H and O–H groups in total. The lowest BCUT2D eigenvalue weighted by atomic mass is 9.86. The number of fused-ring (bicyclic) bond motifs is 3. The summed E-state index contributed by atoms with van der Waals surface area (Å²) in [5, 5.41) is 3.74. The standard InChI is InChI=1S/C39H38Cl2F3N3O6S/c40-29-18-45-19-30(41)28(29)16-32(24-6-8-31(53-39(43)44)33(15-24)50-21-22-4-5-22)51-37(48)35-9-7-27(54-35)17-46-36(25-2-1-3-26(42)14-25)38(49)52-34-20-47-12-10-23(34)11-13-47/h1-3,6-9,14-15,18-19,22-23,32,34,36,39,46H,4-5,10-13,16-17,20-21H2/t32-,34?,36?/m0/s1. The molecule has 4 fully saturated rings. The van der Waals surface area contributed by atoms with Crippen molar-refractivity contribution >= 4 is 46.5 Å². The Balaban J connectivity index is 1.08. The van der Waals surface area contributed by atoms with Crippen LogP contribution >= 0.6 is 34.5 Å². The second-order valence-electron chi connectivity index (χ2n) is 13.8. The molecule has 0 spiro atoms. The highest BCUT2D eigenvalue weighted by Crippen LogP contribution is 2.39. The molecule has 1 saturated carbocycles. The predicted molar refractivity (Wildman–Crippen MR) is 197 cm³/mol. The Morgan fingerprint density at radius 1 is 0.963 bits per heavy atom. The third-order valence-electron chi connectivity index (χ3n) is 9.94. The highest BCUT2D eigenvalue weighted by atomic mass is 35.5. The molecule has 2 bridgehead atoms. The maximum absolute atomic E-state index is 14.3. The molecule has 54 heavy (non-hydrogen) atoms. The van der Waals surface area contributed by atoms with Crippen LogP contribution in [0.1, 0.15) is 69.1 Å². The first-order valence-electron chi connectivity index (χ1n) is 17.8. The normalized spacial score (nSPS) is 20.4. The first-order valence-corrected chi connectivity index (χ1v) is 19.4. The Morgan fingerprint density at radius 2 is 1.74 bits per heavy atom. The van der Waals surface area contributed by atoms with Crippen molar-refractivity contribution in [2.75, 3.05) is 26.2 Å². The summed E-state index contributed by atoms with van der Waals surface area (Å²) >= 11 is 14.1. The number of benzene rings is 2. The van der Waals surface area contributed by atoms with E-state index in [1.807, 2.05) is 0 Å². The van der Waals surface area contributed by atoms with E-state index >= 15 is 0 Å². The Morgan fingerprint density at radius 3 is 2.43 bits per heavy atom. The number of carbonyl (C=O) groups excluding carboxylic acids is 2. The number of rotatable bonds is 16. The maximum atomic E-state index is 14.3. The monoisotopic (exact) mass is 803 g/mol. The van der Waals surface area contributed by atoms with Crippen molar-refractivity contribution in [3.05, 3.63) is 109 Å². The maximum Gasteiger partial charge on any atom is 0.387 e. The number of ether oxygens (including phenoxy) is 4. The molecule has 8 rings (SSSR count). The summed E-state index contributed by atoms with van der Waals surface area (Å²) in [6.07, 6.45) is 5.61. The third-order valence-corrected chi connectivity index (χ3v) is 11.7. The van der Waals surface area contributed by atoms with E-state index in [4.69, 9.17) is 42.1 Å². The fraction of sp³-hybridized carbons (Fsp3) is 0.410. The van der Waals surface area contributed by atoms with Crippen molar-refractivity contribution in [1.82, 2.24) is 15.2 Å². The lowest BCUT2D eigenvalue weighted by Gasteiger charge is -2.44. The number of esters is 2. The second-order valence-corrected chi connectivity index (χ2v) is 15.7. The van der Waals surface area contributed by atoms with E-state index < -0.39 is 36.5 Å². The van der Waals surface area contributed by atoms with Crippen LogP contribution in [0.5, 0.6) is 11.5 Å². The minimum Gasteiger partial charge on any atom is -0.489 e. The van der Waals surface area contributed by atoms with Gasteiger partial charge >= 0.3 is 18.6 Å². The molecule has 286 valence electrons. The molecule has 2 unspecified atom stereocenters. The quantitative estimate of drug-likeness (QED) is 0.112. The Kier molecular flexibility index (Phi) is 12.3. The van der Waals surface area contributed by atoms with E-state index in [2.05, 4.69) is 15.2 Å². The highest BCUT2D eigenvalue weighted by Gasteiger charge is 2.38. The van der Waals surface area contributed by atoms with Gasteiger partial charge in [0.1, 0.15) is 28.9 Å². The van der Waals surface area contributed by atoms with E-state index in [1.54, 1.807) is 24.3 Å². The van der Waals surface area contributed by atoms with Gasteiger partial charge in [-0.1, -0.05) is 41.4 Å². The number of nitrogens with one attached hydrogen (secondary N) is 1. The number of hydrogen-bond acceptors (Lipinski definition) is 10. The van der Waals surface area contributed by atoms with Crippen LogP contribution in [-0.2, 0) is 27.2 Å². The van der Waals surface area contributed by atoms with Crippen molar-refractivity contribution in [3.63, 3.8) is 0 Å². The summed E-state index contributed by atoms with van der Waals surface area (Å²) < 4.78 is 63.5. The molecule has 0 amide bonds. The Bertz CT molecular complexity index is 1940. The van der Waals surface area contributed by atoms with Gasteiger partial charge in [0.15, 0.2) is 11.5 Å². The predicted octanol–water partition coefficient (Wildman–Crippen LogP) is 8.59. The third kappa shape index (κ3) is 9.67. The van der Waals surface area contributed by atoms with Gasteiger partial charge in [-0.25, -0.2) is 14.0 Å². The molecule has 3 saturated heterocycles. The summed E-state index contributed by atoms with van der Waals surface area (Å²) in [6, 6.07) is 12.6. The van der Waals surface area contributed by atoms with Gasteiger partial charge in [-0.15, -0.1) is 11.3 Å². The average molecular weight is 805 g/mol. The zero-order valence-electron chi connectivity index (χ0n) is 29.0. The van der Waals surface area contributed by atoms with Crippen LogP contribution in [0.2, 0.25) is 10.0 Å². The number of halogens is 5. The Hall–Kier alpha value is -3.88. The molecule has 3 atom stereocenters. The minimum atomic E-state index is -3.07. The largest absolute Gasteiger partial charge is 0.489 e. The summed E-state index contributed by atoms with van der Waals surface area (Å²) in [5.74, 6) is -1.03. The van der Waals surface area contributed by atoms with Gasteiger partial charge in [0.25, 0.3) is 0 Å². The topological polar surface area (TPSA) is 99.2 Å². The molecule has 2 aromatic heterocycles. The summed E-state index contributed by atoms with van der Waals surface area (Å²) in [4.78, 5) is 34.6. The molecule has 2 aromatic carbocycles. The van der Waals surface area contributed by atoms with Crippen molar-refractivity contribution in [3.8, 4) is 11.5 Å². The van der Waals surface area contributed by atoms with E-state index in [0.717, 1.165) is 50.1 Å². The van der Waals surface area contributed by atoms with Crippen molar-refractivity contribution < 1.29 is 41.7 Å². The van der Waals surface area contributed by atoms with Gasteiger partial charge in [-0.2, -0.15) is 8.78 Å². The van der Waals surface area contributed by atoms with Gasteiger partial charge < -0.3 is 18.9 Å². The molecule has 4 aliphatic rings. The number of hydrogen-bond donors (Lipinski definition) is 1. The van der Waals surface area contributed by atoms with Crippen molar-refractivity contribution in [2.45, 2.75) is 63.5 Å². The molecule has 0 radical (unpaired) electrons. The van der Waals surface area contributed by atoms with Crippen LogP contribution in [0.4, 0.5) is 13.2 Å². The van der Waals surface area contributed by atoms with Crippen LogP contribution < -0.4 is 14.8 Å². The fourth-order valence-corrected chi connectivity index (χ4v) is 8.19. The number of thiophene rings is 1. The molecule has 5 heterocycles. The average Bonchev–Trinajstić information content (AvgIpc) is 3.87. The summed E-state index contributed by atoms with van der Waals surface area (Å²) in [7, 11) is 0. The lowest BCUT2D eigenvalue weighted by Crippen LogP contribution is -2.52. The fourth-order valence-electron chi connectivity index (χ4n) is 6.83. The molecule has 1 aliphatic carbocycles. The van der Waals surface area contributed by atoms with E-state index in [0.29, 0.717) is 46.6 Å². The first kappa shape index (κ1) is 38.4. The molecule has 9 nitrogen and oxygen atoms in total. The van der Waals surface area contributed by atoms with Crippen LogP contribution in [0.3, 0.4) is 0 Å². The van der Waals surface area contributed by atoms with E-state index in [1.165, 1.54) is 42.7 Å². The van der Waals surface area contributed by atoms with Gasteiger partial charge in [0.2, 0.25) is 0 Å². The molecule has 4 aromatic rings. The molecular formula is C39H38Cl2F3N3O6S. The van der Waals surface area contributed by atoms with Gasteiger partial charge in [0.05, 0.1) is 16.7 Å². The SMILES string of the molecule is O=C(O[C@@H](Cc1c(Cl)cncc1Cl)c1ccc(OC(F)F)c(OCC2CC2)c1)c1ccc(CNC(C(=O)OC2CN3CCC2CC3)c2cccc(F)c2)s1. The van der Waals surface area contributed by atoms with Gasteiger partial charge in [0, 0.05) is 36.8 Å². The summed E-state index contributed by atoms with van der Waals surface area (Å²) in [6.45, 7) is 0.123. The number of carbonyl (C=O) groups is 2. The van der Waals surface area contributed by atoms with Gasteiger partial charge in [-0.3, -0.25) is 15.2 Å². The lowest BCUT2D eigenvalue weighted by molar-refractivity contribution is -0.161. The highest BCUT2D eigenvalue weighted by molar-refractivity contribution is 7.13. The van der Waals surface area contributed by atoms with Crippen LogP contribution in [-0.4, -0.2) is 60.8 Å². The molecule has 3 aliphatic heterocycles. The Labute approximate surface area is 324 Å². The number of nitrogens with zero attached hydrogens (tertiary/aromatic N) is 2. The summed E-state index contributed by atoms with van der Waals surface area (Å²) in [5.41, 5.74) is 1.35. The first-order chi connectivity index (χ1) is 26.1. The number of aromatic nitrogens is 1. The zero-order chi connectivity index (χ0) is 37.8. The van der Waals surface area contributed by atoms with Gasteiger partial charge in [-0.05, 0) is 104 Å². The smallest absolute Gasteiger partial charge is 0.387 e. The van der Waals surface area contributed by atoms with Crippen molar-refractivity contribution in [2.24, 2.45) is 11.8 Å². The minimum absolute atomic E-state index is 0.0415. The molecule has 15 heteroatoms.